The van der Waals surface area contributed by atoms with Crippen LogP contribution in [-0.2, 0) is 16.1 Å². The van der Waals surface area contributed by atoms with Crippen molar-refractivity contribution in [2.24, 2.45) is 0 Å². The fraction of sp³-hybridized carbons (Fsp3) is 0.400. The van der Waals surface area contributed by atoms with E-state index in [2.05, 4.69) is 70.3 Å². The van der Waals surface area contributed by atoms with E-state index in [4.69, 9.17) is 14.5 Å². The Morgan fingerprint density at radius 3 is 2.64 bits per heavy atom. The minimum Gasteiger partial charge on any atom is -0.492 e. The molecular weight excluding hydrogens is 554 g/mol. The summed E-state index contributed by atoms with van der Waals surface area (Å²) in [5, 5.41) is 14.2. The second-order valence-corrected chi connectivity index (χ2v) is 11.7. The molecule has 2 aromatic carbocycles. The topological polar surface area (TPSA) is 100 Å². The Balaban J connectivity index is 1.19. The Bertz CT molecular complexity index is 1620. The summed E-state index contributed by atoms with van der Waals surface area (Å²) >= 11 is 0. The minimum absolute atomic E-state index is 0.435. The molecule has 2 aliphatic rings. The molecule has 0 saturated carbocycles. The molecule has 9 heteroatoms. The highest BCUT2D eigenvalue weighted by Crippen LogP contribution is 2.36. The van der Waals surface area contributed by atoms with Gasteiger partial charge in [0.1, 0.15) is 23.9 Å². The molecule has 0 bridgehead atoms. The normalized spacial score (nSPS) is 17.9. The van der Waals surface area contributed by atoms with Crippen molar-refractivity contribution < 1.29 is 19.4 Å². The lowest BCUT2D eigenvalue weighted by atomic mass is 9.95. The van der Waals surface area contributed by atoms with Crippen molar-refractivity contribution >= 4 is 28.4 Å². The number of hydrogen-bond donors (Lipinski definition) is 2. The van der Waals surface area contributed by atoms with Crippen molar-refractivity contribution in [1.29, 1.82) is 0 Å². The molecule has 0 amide bonds. The average Bonchev–Trinajstić information content (AvgIpc) is 3.04. The van der Waals surface area contributed by atoms with Crippen LogP contribution < -0.4 is 10.1 Å². The standard InChI is InChI=1S/C35H41N5O4/c1-24-28(29-8-6-11-32(25(29)2)44-20-17-39-15-18-43-19-16-39)7-5-9-30(24)38-34-33-27(12-13-36-34)21-26(22-37-33)23-40-14-4-3-10-31(40)35(41)42/h5-9,11-13,21-22,31H,3-4,10,14-20,23H2,1-2H3,(H,36,38)(H,41,42). The number of nitrogens with zero attached hydrogens (tertiary/aromatic N) is 4. The number of anilines is 2. The molecule has 2 fully saturated rings. The summed E-state index contributed by atoms with van der Waals surface area (Å²) in [5.41, 5.74) is 7.25. The van der Waals surface area contributed by atoms with Crippen LogP contribution >= 0.6 is 0 Å². The van der Waals surface area contributed by atoms with Crippen LogP contribution in [0.25, 0.3) is 22.0 Å². The summed E-state index contributed by atoms with van der Waals surface area (Å²) in [5.74, 6) is 0.848. The number of nitrogens with one attached hydrogen (secondary N) is 1. The molecule has 0 radical (unpaired) electrons. The first-order valence-electron chi connectivity index (χ1n) is 15.6. The number of ether oxygens (including phenoxy) is 2. The summed E-state index contributed by atoms with van der Waals surface area (Å²) in [4.78, 5) is 25.6. The second-order valence-electron chi connectivity index (χ2n) is 11.7. The van der Waals surface area contributed by atoms with Crippen LogP contribution in [0.2, 0.25) is 0 Å². The van der Waals surface area contributed by atoms with Gasteiger partial charge < -0.3 is 19.9 Å². The van der Waals surface area contributed by atoms with E-state index in [0.29, 0.717) is 25.4 Å². The van der Waals surface area contributed by atoms with Crippen LogP contribution in [-0.4, -0.2) is 82.9 Å². The molecule has 2 saturated heterocycles. The van der Waals surface area contributed by atoms with Crippen LogP contribution in [0.5, 0.6) is 5.75 Å². The highest BCUT2D eigenvalue weighted by molar-refractivity contribution is 5.91. The van der Waals surface area contributed by atoms with Crippen LogP contribution in [0.3, 0.4) is 0 Å². The maximum Gasteiger partial charge on any atom is 0.320 e. The third-order valence-electron chi connectivity index (χ3n) is 8.87. The zero-order chi connectivity index (χ0) is 30.5. The molecule has 0 aliphatic carbocycles. The molecule has 0 spiro atoms. The zero-order valence-corrected chi connectivity index (χ0v) is 25.6. The highest BCUT2D eigenvalue weighted by atomic mass is 16.5. The van der Waals surface area contributed by atoms with E-state index < -0.39 is 12.0 Å². The van der Waals surface area contributed by atoms with Crippen LogP contribution in [0.4, 0.5) is 11.5 Å². The summed E-state index contributed by atoms with van der Waals surface area (Å²) in [7, 11) is 0. The van der Waals surface area contributed by atoms with Crippen molar-refractivity contribution in [3.8, 4) is 16.9 Å². The van der Waals surface area contributed by atoms with E-state index in [1.165, 1.54) is 0 Å². The Kier molecular flexibility index (Phi) is 9.35. The van der Waals surface area contributed by atoms with Gasteiger partial charge in [-0.15, -0.1) is 0 Å². The van der Waals surface area contributed by atoms with Gasteiger partial charge in [-0.05, 0) is 85.3 Å². The molecule has 230 valence electrons. The number of carboxylic acid groups (broad SMARTS) is 1. The summed E-state index contributed by atoms with van der Waals surface area (Å²) in [6, 6.07) is 16.1. The van der Waals surface area contributed by atoms with E-state index in [0.717, 1.165) is 102 Å². The number of piperidine rings is 1. The average molecular weight is 596 g/mol. The molecular formula is C35H41N5O4. The number of fused-ring (bicyclic) bond motifs is 1. The number of morpholine rings is 1. The van der Waals surface area contributed by atoms with Gasteiger partial charge in [0.2, 0.25) is 0 Å². The number of carboxylic acids is 1. The lowest BCUT2D eigenvalue weighted by Gasteiger charge is -2.32. The van der Waals surface area contributed by atoms with Crippen molar-refractivity contribution in [3.63, 3.8) is 0 Å². The number of aliphatic carboxylic acids is 1. The van der Waals surface area contributed by atoms with Gasteiger partial charge in [0.25, 0.3) is 0 Å². The molecule has 6 rings (SSSR count). The quantitative estimate of drug-likeness (QED) is 0.235. The van der Waals surface area contributed by atoms with Crippen molar-refractivity contribution in [3.05, 3.63) is 77.6 Å². The Labute approximate surface area is 258 Å². The van der Waals surface area contributed by atoms with Crippen LogP contribution in [0.15, 0.2) is 60.9 Å². The number of pyridine rings is 2. The molecule has 44 heavy (non-hydrogen) atoms. The molecule has 4 heterocycles. The van der Waals surface area contributed by atoms with Gasteiger partial charge in [-0.1, -0.05) is 30.7 Å². The molecule has 2 N–H and O–H groups in total. The van der Waals surface area contributed by atoms with Gasteiger partial charge in [-0.25, -0.2) is 4.98 Å². The molecule has 9 nitrogen and oxygen atoms in total. The number of likely N-dealkylation sites (tertiary alicyclic amines) is 1. The van der Waals surface area contributed by atoms with Gasteiger partial charge in [0.15, 0.2) is 5.82 Å². The first-order valence-corrected chi connectivity index (χ1v) is 15.6. The van der Waals surface area contributed by atoms with Gasteiger partial charge in [-0.2, -0.15) is 0 Å². The Hall–Kier alpha value is -4.05. The first-order chi connectivity index (χ1) is 21.5. The SMILES string of the molecule is Cc1c(Nc2nccc3cc(CN4CCCCC4C(=O)O)cnc23)cccc1-c1cccc(OCCN2CCOCC2)c1C. The molecule has 1 atom stereocenters. The van der Waals surface area contributed by atoms with Crippen molar-refractivity contribution in [2.75, 3.05) is 51.3 Å². The van der Waals surface area contributed by atoms with E-state index in [-0.39, 0.29) is 0 Å². The maximum atomic E-state index is 11.8. The first kappa shape index (κ1) is 30.0. The van der Waals surface area contributed by atoms with Gasteiger partial charge in [0.05, 0.1) is 13.2 Å². The number of benzene rings is 2. The summed E-state index contributed by atoms with van der Waals surface area (Å²) in [6.45, 7) is 10.6. The molecule has 4 aromatic rings. The van der Waals surface area contributed by atoms with Gasteiger partial charge >= 0.3 is 5.97 Å². The smallest absolute Gasteiger partial charge is 0.320 e. The van der Waals surface area contributed by atoms with E-state index >= 15 is 0 Å². The zero-order valence-electron chi connectivity index (χ0n) is 25.6. The van der Waals surface area contributed by atoms with E-state index in [1.54, 1.807) is 6.20 Å². The Morgan fingerprint density at radius 2 is 1.82 bits per heavy atom. The third kappa shape index (κ3) is 6.70. The van der Waals surface area contributed by atoms with Crippen molar-refractivity contribution in [1.82, 2.24) is 19.8 Å². The minimum atomic E-state index is -0.745. The Morgan fingerprint density at radius 1 is 1.02 bits per heavy atom. The third-order valence-corrected chi connectivity index (χ3v) is 8.87. The van der Waals surface area contributed by atoms with Crippen LogP contribution in [0, 0.1) is 13.8 Å². The monoisotopic (exact) mass is 595 g/mol. The number of hydrogen-bond acceptors (Lipinski definition) is 8. The summed E-state index contributed by atoms with van der Waals surface area (Å²) < 4.78 is 11.7. The molecule has 2 aromatic heterocycles. The van der Waals surface area contributed by atoms with E-state index in [1.807, 2.05) is 18.3 Å². The molecule has 2 aliphatic heterocycles. The van der Waals surface area contributed by atoms with E-state index in [9.17, 15) is 9.90 Å². The highest BCUT2D eigenvalue weighted by Gasteiger charge is 2.28. The predicted molar refractivity (Wildman–Crippen MR) is 173 cm³/mol. The van der Waals surface area contributed by atoms with Crippen LogP contribution in [0.1, 0.15) is 36.0 Å². The van der Waals surface area contributed by atoms with Gasteiger partial charge in [0, 0.05) is 49.6 Å². The second kappa shape index (κ2) is 13.7. The largest absolute Gasteiger partial charge is 0.492 e. The lowest BCUT2D eigenvalue weighted by Crippen LogP contribution is -2.44. The predicted octanol–water partition coefficient (Wildman–Crippen LogP) is 5.81. The number of carbonyl (C=O) groups is 1. The fourth-order valence-corrected chi connectivity index (χ4v) is 6.34. The molecule has 1 unspecified atom stereocenters. The number of rotatable bonds is 10. The fourth-order valence-electron chi connectivity index (χ4n) is 6.34. The number of aromatic nitrogens is 2. The maximum absolute atomic E-state index is 11.8. The van der Waals surface area contributed by atoms with Gasteiger partial charge in [-0.3, -0.25) is 19.6 Å². The summed E-state index contributed by atoms with van der Waals surface area (Å²) in [6.07, 6.45) is 6.31. The van der Waals surface area contributed by atoms with Crippen molar-refractivity contribution in [2.45, 2.75) is 45.7 Å². The lowest BCUT2D eigenvalue weighted by molar-refractivity contribution is -0.144.